The smallest absolute Gasteiger partial charge is 0.241 e. The van der Waals surface area contributed by atoms with Gasteiger partial charge in [-0.3, -0.25) is 9.48 Å². The van der Waals surface area contributed by atoms with E-state index < -0.39 is 17.7 Å². The number of likely N-dealkylation sites (N-methyl/N-ethyl adjacent to an activating group) is 1. The predicted molar refractivity (Wildman–Crippen MR) is 90.0 cm³/mol. The summed E-state index contributed by atoms with van der Waals surface area (Å²) in [6.45, 7) is 2.02. The first kappa shape index (κ1) is 20.1. The molecule has 1 aromatic carbocycles. The van der Waals surface area contributed by atoms with Crippen LogP contribution in [0.15, 0.2) is 30.6 Å². The van der Waals surface area contributed by atoms with E-state index in [0.29, 0.717) is 5.56 Å². The Bertz CT molecular complexity index is 692. The fraction of sp³-hybridized carbons (Fsp3) is 0.375. The molecule has 24 heavy (non-hydrogen) atoms. The molecule has 132 valence electrons. The summed E-state index contributed by atoms with van der Waals surface area (Å²) < 4.78 is 28.3. The van der Waals surface area contributed by atoms with Crippen molar-refractivity contribution in [3.63, 3.8) is 0 Å². The minimum Gasteiger partial charge on any atom is -0.354 e. The first-order valence-electron chi connectivity index (χ1n) is 7.30. The Morgan fingerprint density at radius 2 is 2.08 bits per heavy atom. The van der Waals surface area contributed by atoms with Crippen LogP contribution in [0.3, 0.4) is 0 Å². The average Bonchev–Trinajstić information content (AvgIpc) is 2.92. The van der Waals surface area contributed by atoms with E-state index in [-0.39, 0.29) is 30.8 Å². The van der Waals surface area contributed by atoms with Crippen molar-refractivity contribution in [1.82, 2.24) is 20.4 Å². The molecule has 2 rings (SSSR count). The molecule has 0 saturated carbocycles. The number of halogens is 3. The molecule has 0 saturated heterocycles. The van der Waals surface area contributed by atoms with Crippen molar-refractivity contribution >= 4 is 18.3 Å². The monoisotopic (exact) mass is 358 g/mol. The van der Waals surface area contributed by atoms with Gasteiger partial charge < -0.3 is 10.6 Å². The highest BCUT2D eigenvalue weighted by Crippen LogP contribution is 2.19. The highest BCUT2D eigenvalue weighted by atomic mass is 35.5. The number of aromatic nitrogens is 2. The molecule has 0 spiro atoms. The van der Waals surface area contributed by atoms with Gasteiger partial charge in [0.2, 0.25) is 5.91 Å². The Hall–Kier alpha value is -1.99. The lowest BCUT2D eigenvalue weighted by atomic mass is 10.00. The van der Waals surface area contributed by atoms with Crippen molar-refractivity contribution in [2.45, 2.75) is 18.9 Å². The summed E-state index contributed by atoms with van der Waals surface area (Å²) in [6.07, 6.45) is 3.37. The van der Waals surface area contributed by atoms with E-state index in [1.54, 1.807) is 38.1 Å². The lowest BCUT2D eigenvalue weighted by molar-refractivity contribution is -0.123. The zero-order chi connectivity index (χ0) is 17.0. The highest BCUT2D eigenvalue weighted by Gasteiger charge is 2.21. The van der Waals surface area contributed by atoms with Crippen molar-refractivity contribution < 1.29 is 13.6 Å². The van der Waals surface area contributed by atoms with Crippen molar-refractivity contribution in [3.05, 3.63) is 53.4 Å². The van der Waals surface area contributed by atoms with E-state index in [4.69, 9.17) is 0 Å². The van der Waals surface area contributed by atoms with Gasteiger partial charge in [-0.1, -0.05) is 13.0 Å². The fourth-order valence-corrected chi connectivity index (χ4v) is 2.41. The number of aryl methyl sites for hydroxylation is 1. The van der Waals surface area contributed by atoms with E-state index >= 15 is 0 Å². The van der Waals surface area contributed by atoms with Crippen molar-refractivity contribution in [1.29, 1.82) is 0 Å². The lowest BCUT2D eigenvalue weighted by Gasteiger charge is -2.18. The molecule has 0 aliphatic carbocycles. The number of nitrogens with one attached hydrogen (secondary N) is 2. The van der Waals surface area contributed by atoms with Gasteiger partial charge in [0.05, 0.1) is 6.20 Å². The third-order valence-electron chi connectivity index (χ3n) is 3.68. The molecule has 1 amide bonds. The van der Waals surface area contributed by atoms with Crippen LogP contribution in [0.25, 0.3) is 0 Å². The molecule has 0 fully saturated rings. The first-order chi connectivity index (χ1) is 10.9. The Morgan fingerprint density at radius 3 is 2.62 bits per heavy atom. The molecular weight excluding hydrogens is 338 g/mol. The summed E-state index contributed by atoms with van der Waals surface area (Å²) in [5.41, 5.74) is 1.11. The summed E-state index contributed by atoms with van der Waals surface area (Å²) in [5.74, 6) is -1.72. The van der Waals surface area contributed by atoms with Gasteiger partial charge in [0, 0.05) is 37.3 Å². The van der Waals surface area contributed by atoms with Crippen molar-refractivity contribution in [2.24, 2.45) is 7.05 Å². The number of benzene rings is 1. The van der Waals surface area contributed by atoms with Crippen LogP contribution in [-0.4, -0.2) is 29.3 Å². The van der Waals surface area contributed by atoms with E-state index in [1.807, 2.05) is 0 Å². The molecular formula is C16H21ClF2N4O. The van der Waals surface area contributed by atoms with Gasteiger partial charge in [0.1, 0.15) is 17.7 Å². The molecule has 0 aliphatic rings. The minimum atomic E-state index is -0.616. The van der Waals surface area contributed by atoms with Crippen LogP contribution >= 0.6 is 12.4 Å². The maximum Gasteiger partial charge on any atom is 0.241 e. The number of carbonyl (C=O) groups is 1. The minimum absolute atomic E-state index is 0. The van der Waals surface area contributed by atoms with Crippen LogP contribution in [0, 0.1) is 11.6 Å². The normalized spacial score (nSPS) is 13.0. The number of nitrogens with zero attached hydrogens (tertiary/aromatic N) is 2. The fourth-order valence-electron chi connectivity index (χ4n) is 2.41. The van der Waals surface area contributed by atoms with Crippen LogP contribution in [0.5, 0.6) is 0 Å². The Balaban J connectivity index is 0.00000288. The third kappa shape index (κ3) is 4.75. The molecule has 2 atom stereocenters. The standard InChI is InChI=1S/C16H20F2N4O.ClH/c1-10(13-5-4-12(17)6-14(13)18)7-20-16(23)15(19-2)11-8-21-22(3)9-11;/h4-6,8-10,15,19H,7H2,1-3H3,(H,20,23);1H. The van der Waals surface area contributed by atoms with E-state index in [9.17, 15) is 13.6 Å². The molecule has 2 N–H and O–H groups in total. The Labute approximate surface area is 145 Å². The van der Waals surface area contributed by atoms with E-state index in [2.05, 4.69) is 15.7 Å². The van der Waals surface area contributed by atoms with Crippen LogP contribution in [0.1, 0.15) is 30.0 Å². The second kappa shape index (κ2) is 8.75. The maximum atomic E-state index is 13.7. The molecule has 2 unspecified atom stereocenters. The van der Waals surface area contributed by atoms with Gasteiger partial charge in [-0.25, -0.2) is 8.78 Å². The molecule has 0 radical (unpaired) electrons. The zero-order valence-corrected chi connectivity index (χ0v) is 14.5. The van der Waals surface area contributed by atoms with Gasteiger partial charge in [-0.05, 0) is 18.7 Å². The highest BCUT2D eigenvalue weighted by molar-refractivity contribution is 5.85. The number of amides is 1. The van der Waals surface area contributed by atoms with Gasteiger partial charge in [-0.2, -0.15) is 5.10 Å². The summed E-state index contributed by atoms with van der Waals surface area (Å²) in [4.78, 5) is 12.3. The Morgan fingerprint density at radius 1 is 1.38 bits per heavy atom. The van der Waals surface area contributed by atoms with Gasteiger partial charge >= 0.3 is 0 Å². The molecule has 8 heteroatoms. The predicted octanol–water partition coefficient (Wildman–Crippen LogP) is 2.30. The summed E-state index contributed by atoms with van der Waals surface area (Å²) in [6, 6.07) is 2.93. The summed E-state index contributed by atoms with van der Waals surface area (Å²) in [5, 5.41) is 9.75. The number of rotatable bonds is 6. The second-order valence-corrected chi connectivity index (χ2v) is 5.48. The Kier molecular flexibility index (Phi) is 7.31. The van der Waals surface area contributed by atoms with Crippen LogP contribution in [-0.2, 0) is 11.8 Å². The largest absolute Gasteiger partial charge is 0.354 e. The molecule has 2 aromatic rings. The van der Waals surface area contributed by atoms with E-state index in [1.165, 1.54) is 12.1 Å². The number of carbonyl (C=O) groups excluding carboxylic acids is 1. The molecule has 1 aromatic heterocycles. The number of hydrogen-bond donors (Lipinski definition) is 2. The maximum absolute atomic E-state index is 13.7. The van der Waals surface area contributed by atoms with Crippen molar-refractivity contribution in [2.75, 3.05) is 13.6 Å². The quantitative estimate of drug-likeness (QED) is 0.833. The number of hydrogen-bond acceptors (Lipinski definition) is 3. The SMILES string of the molecule is CNC(C(=O)NCC(C)c1ccc(F)cc1F)c1cnn(C)c1.Cl. The summed E-state index contributed by atoms with van der Waals surface area (Å²) in [7, 11) is 3.45. The van der Waals surface area contributed by atoms with Crippen LogP contribution < -0.4 is 10.6 Å². The third-order valence-corrected chi connectivity index (χ3v) is 3.68. The molecule has 5 nitrogen and oxygen atoms in total. The summed E-state index contributed by atoms with van der Waals surface area (Å²) >= 11 is 0. The molecule has 1 heterocycles. The van der Waals surface area contributed by atoms with Crippen LogP contribution in [0.2, 0.25) is 0 Å². The van der Waals surface area contributed by atoms with E-state index in [0.717, 1.165) is 11.6 Å². The molecule has 0 aliphatic heterocycles. The second-order valence-electron chi connectivity index (χ2n) is 5.48. The van der Waals surface area contributed by atoms with Crippen LogP contribution in [0.4, 0.5) is 8.78 Å². The first-order valence-corrected chi connectivity index (χ1v) is 7.30. The lowest BCUT2D eigenvalue weighted by Crippen LogP contribution is -2.37. The zero-order valence-electron chi connectivity index (χ0n) is 13.7. The van der Waals surface area contributed by atoms with Gasteiger partial charge in [0.15, 0.2) is 0 Å². The topological polar surface area (TPSA) is 59.0 Å². The van der Waals surface area contributed by atoms with Gasteiger partial charge in [0.25, 0.3) is 0 Å². The molecule has 0 bridgehead atoms. The van der Waals surface area contributed by atoms with Gasteiger partial charge in [-0.15, -0.1) is 12.4 Å². The average molecular weight is 359 g/mol. The van der Waals surface area contributed by atoms with Crippen molar-refractivity contribution in [3.8, 4) is 0 Å².